The topological polar surface area (TPSA) is 8.17 Å². The predicted octanol–water partition coefficient (Wildman–Crippen LogP) is 12.7. The smallest absolute Gasteiger partial charge is 0.0542 e. The van der Waals surface area contributed by atoms with E-state index in [4.69, 9.17) is 0 Å². The molecule has 236 valence electrons. The number of anilines is 3. The van der Waals surface area contributed by atoms with Crippen LogP contribution in [-0.4, -0.2) is 4.57 Å². The lowest BCUT2D eigenvalue weighted by Gasteiger charge is -2.35. The molecule has 1 aliphatic rings. The number of benzene rings is 8. The minimum atomic E-state index is -0.355. The van der Waals surface area contributed by atoms with Gasteiger partial charge in [0.05, 0.1) is 16.7 Å². The van der Waals surface area contributed by atoms with E-state index < -0.39 is 0 Å². The third-order valence-electron chi connectivity index (χ3n) is 10.8. The summed E-state index contributed by atoms with van der Waals surface area (Å²) in [6, 6.07) is 68.8. The summed E-state index contributed by atoms with van der Waals surface area (Å²) < 4.78 is 2.39. The maximum atomic E-state index is 2.48. The maximum absolute atomic E-state index is 2.48. The van der Waals surface area contributed by atoms with Crippen LogP contribution in [0.25, 0.3) is 49.4 Å². The minimum absolute atomic E-state index is 0.355. The van der Waals surface area contributed by atoms with E-state index in [1.54, 1.807) is 0 Å². The van der Waals surface area contributed by atoms with Crippen molar-refractivity contribution in [1.29, 1.82) is 0 Å². The van der Waals surface area contributed by atoms with Gasteiger partial charge in [-0.2, -0.15) is 0 Å². The molecule has 0 atom stereocenters. The first kappa shape index (κ1) is 28.6. The van der Waals surface area contributed by atoms with Crippen LogP contribution in [0.4, 0.5) is 17.1 Å². The number of fused-ring (bicyclic) bond motifs is 7. The van der Waals surface area contributed by atoms with Crippen molar-refractivity contribution in [1.82, 2.24) is 4.57 Å². The Labute approximate surface area is 292 Å². The van der Waals surface area contributed by atoms with Gasteiger partial charge in [-0.3, -0.25) is 0 Å². The van der Waals surface area contributed by atoms with Gasteiger partial charge in [0.15, 0.2) is 0 Å². The summed E-state index contributed by atoms with van der Waals surface area (Å²) in [7, 11) is 0. The second kappa shape index (κ2) is 11.1. The highest BCUT2D eigenvalue weighted by molar-refractivity contribution is 6.11. The van der Waals surface area contributed by atoms with Crippen molar-refractivity contribution in [3.63, 3.8) is 0 Å². The number of para-hydroxylation sites is 3. The molecule has 8 aromatic carbocycles. The average Bonchev–Trinajstić information content (AvgIpc) is 3.65. The normalized spacial score (nSPS) is 13.1. The fourth-order valence-electron chi connectivity index (χ4n) is 8.53. The zero-order valence-electron chi connectivity index (χ0n) is 27.8. The lowest BCUT2D eigenvalue weighted by Crippen LogP contribution is -2.25. The molecule has 0 spiro atoms. The first-order valence-corrected chi connectivity index (χ1v) is 17.4. The molecule has 1 aliphatic carbocycles. The van der Waals surface area contributed by atoms with Gasteiger partial charge >= 0.3 is 0 Å². The van der Waals surface area contributed by atoms with Gasteiger partial charge in [-0.05, 0) is 100 Å². The molecule has 0 saturated heterocycles. The standard InChI is InChI=1S/C48H34N2/c1-48(42-22-10-7-19-38(42)39-20-8-11-23-43(39)48)44-24-12-14-26-47(44)49(36-28-27-33-15-5-6-16-34(33)31-36)37-29-30-46-41(32-37)40-21-9-13-25-45(40)50(46)35-17-3-2-4-18-35/h2-32H,1H3. The molecule has 0 aliphatic heterocycles. The average molecular weight is 639 g/mol. The third-order valence-corrected chi connectivity index (χ3v) is 10.8. The second-order valence-corrected chi connectivity index (χ2v) is 13.5. The lowest BCUT2D eigenvalue weighted by molar-refractivity contribution is 0.714. The Morgan fingerprint density at radius 1 is 0.420 bits per heavy atom. The van der Waals surface area contributed by atoms with Crippen molar-refractivity contribution < 1.29 is 0 Å². The van der Waals surface area contributed by atoms with Crippen LogP contribution in [0, 0.1) is 0 Å². The predicted molar refractivity (Wildman–Crippen MR) is 210 cm³/mol. The summed E-state index contributed by atoms with van der Waals surface area (Å²) in [5.41, 5.74) is 13.2. The van der Waals surface area contributed by atoms with Gasteiger partial charge in [0.2, 0.25) is 0 Å². The lowest BCUT2D eigenvalue weighted by atomic mass is 9.73. The number of rotatable bonds is 5. The van der Waals surface area contributed by atoms with Crippen LogP contribution >= 0.6 is 0 Å². The molecule has 0 fully saturated rings. The molecule has 1 heterocycles. The van der Waals surface area contributed by atoms with E-state index in [2.05, 4.69) is 204 Å². The minimum Gasteiger partial charge on any atom is -0.310 e. The summed E-state index contributed by atoms with van der Waals surface area (Å²) in [6.07, 6.45) is 0. The molecule has 0 N–H and O–H groups in total. The molecule has 0 bridgehead atoms. The molecule has 50 heavy (non-hydrogen) atoms. The van der Waals surface area contributed by atoms with Crippen LogP contribution < -0.4 is 4.90 Å². The zero-order valence-corrected chi connectivity index (χ0v) is 27.8. The van der Waals surface area contributed by atoms with Crippen molar-refractivity contribution in [3.8, 4) is 16.8 Å². The highest BCUT2D eigenvalue weighted by Gasteiger charge is 2.42. The van der Waals surface area contributed by atoms with Gasteiger partial charge < -0.3 is 9.47 Å². The number of hydrogen-bond donors (Lipinski definition) is 0. The molecule has 2 heteroatoms. The highest BCUT2D eigenvalue weighted by atomic mass is 15.1. The molecular formula is C48H34N2. The summed E-state index contributed by atoms with van der Waals surface area (Å²) in [5.74, 6) is 0. The molecule has 0 amide bonds. The Morgan fingerprint density at radius 3 is 1.76 bits per heavy atom. The van der Waals surface area contributed by atoms with Crippen LogP contribution in [0.1, 0.15) is 23.6 Å². The van der Waals surface area contributed by atoms with E-state index in [-0.39, 0.29) is 5.41 Å². The fourth-order valence-corrected chi connectivity index (χ4v) is 8.53. The molecule has 9 aromatic rings. The van der Waals surface area contributed by atoms with Gasteiger partial charge in [-0.25, -0.2) is 0 Å². The Kier molecular flexibility index (Phi) is 6.34. The molecule has 0 saturated carbocycles. The summed E-state index contributed by atoms with van der Waals surface area (Å²) >= 11 is 0. The van der Waals surface area contributed by atoms with Gasteiger partial charge in [-0.1, -0.05) is 133 Å². The van der Waals surface area contributed by atoms with Crippen molar-refractivity contribution in [3.05, 3.63) is 205 Å². The number of nitrogens with zero attached hydrogens (tertiary/aromatic N) is 2. The first-order valence-electron chi connectivity index (χ1n) is 17.4. The largest absolute Gasteiger partial charge is 0.310 e. The van der Waals surface area contributed by atoms with Crippen molar-refractivity contribution in [2.45, 2.75) is 12.3 Å². The summed E-state index contributed by atoms with van der Waals surface area (Å²) in [5, 5.41) is 4.92. The third kappa shape index (κ3) is 4.15. The van der Waals surface area contributed by atoms with E-state index in [1.165, 1.54) is 66.1 Å². The fraction of sp³-hybridized carbons (Fsp3) is 0.0417. The molecule has 0 unspecified atom stereocenters. The zero-order chi connectivity index (χ0) is 33.2. The van der Waals surface area contributed by atoms with Crippen molar-refractivity contribution >= 4 is 49.6 Å². The molecule has 10 rings (SSSR count). The van der Waals surface area contributed by atoms with Crippen LogP contribution in [0.2, 0.25) is 0 Å². The second-order valence-electron chi connectivity index (χ2n) is 13.5. The summed E-state index contributed by atoms with van der Waals surface area (Å²) in [4.78, 5) is 2.48. The Hall–Kier alpha value is -6.38. The number of aromatic nitrogens is 1. The quantitative estimate of drug-likeness (QED) is 0.182. The van der Waals surface area contributed by atoms with E-state index in [9.17, 15) is 0 Å². The first-order chi connectivity index (χ1) is 24.7. The van der Waals surface area contributed by atoms with Gasteiger partial charge in [0, 0.05) is 33.2 Å². The monoisotopic (exact) mass is 638 g/mol. The van der Waals surface area contributed by atoms with Gasteiger partial charge in [0.1, 0.15) is 0 Å². The van der Waals surface area contributed by atoms with E-state index >= 15 is 0 Å². The molecule has 2 nitrogen and oxygen atoms in total. The van der Waals surface area contributed by atoms with E-state index in [0.717, 1.165) is 17.1 Å². The SMILES string of the molecule is CC1(c2ccccc2N(c2ccc3ccccc3c2)c2ccc3c(c2)c2ccccc2n3-c2ccccc2)c2ccccc2-c2ccccc21. The van der Waals surface area contributed by atoms with Crippen LogP contribution in [-0.2, 0) is 5.41 Å². The van der Waals surface area contributed by atoms with Crippen LogP contribution in [0.5, 0.6) is 0 Å². The number of hydrogen-bond acceptors (Lipinski definition) is 1. The Bertz CT molecular complexity index is 2690. The van der Waals surface area contributed by atoms with Gasteiger partial charge in [-0.15, -0.1) is 0 Å². The van der Waals surface area contributed by atoms with Crippen molar-refractivity contribution in [2.75, 3.05) is 4.90 Å². The van der Waals surface area contributed by atoms with E-state index in [0.29, 0.717) is 0 Å². The van der Waals surface area contributed by atoms with Crippen molar-refractivity contribution in [2.24, 2.45) is 0 Å². The Balaban J connectivity index is 1.26. The molecule has 0 radical (unpaired) electrons. The van der Waals surface area contributed by atoms with Gasteiger partial charge in [0.25, 0.3) is 0 Å². The maximum Gasteiger partial charge on any atom is 0.0542 e. The van der Waals surface area contributed by atoms with E-state index in [1.807, 2.05) is 0 Å². The molecule has 1 aromatic heterocycles. The van der Waals surface area contributed by atoms with Crippen LogP contribution in [0.3, 0.4) is 0 Å². The highest BCUT2D eigenvalue weighted by Crippen LogP contribution is 2.55. The Morgan fingerprint density at radius 2 is 0.980 bits per heavy atom. The summed E-state index contributed by atoms with van der Waals surface area (Å²) in [6.45, 7) is 2.41. The van der Waals surface area contributed by atoms with Crippen LogP contribution in [0.15, 0.2) is 188 Å². The molecular weight excluding hydrogens is 605 g/mol.